The summed E-state index contributed by atoms with van der Waals surface area (Å²) in [6, 6.07) is 2.31. The summed E-state index contributed by atoms with van der Waals surface area (Å²) in [6.45, 7) is 11.5. The Morgan fingerprint density at radius 2 is 1.74 bits per heavy atom. The van der Waals surface area contributed by atoms with Crippen LogP contribution in [0, 0.1) is 16.7 Å². The first-order valence-corrected chi connectivity index (χ1v) is 7.09. The number of hydrogen-bond acceptors (Lipinski definition) is 3. The highest BCUT2D eigenvalue weighted by molar-refractivity contribution is 5.76. The van der Waals surface area contributed by atoms with Crippen molar-refractivity contribution in [3.05, 3.63) is 0 Å². The molecule has 0 radical (unpaired) electrons. The van der Waals surface area contributed by atoms with Gasteiger partial charge < -0.3 is 10.6 Å². The molecular formula is C15H29N3O. The first kappa shape index (κ1) is 17.9. The molecule has 0 aromatic rings. The largest absolute Gasteiger partial charge is 0.351 e. The minimum Gasteiger partial charge on any atom is -0.351 e. The minimum absolute atomic E-state index is 0.0885. The molecule has 0 aliphatic carbocycles. The Bertz CT molecular complexity index is 310. The Kier molecular flexibility index (Phi) is 7.70. The van der Waals surface area contributed by atoms with E-state index < -0.39 is 0 Å². The summed E-state index contributed by atoms with van der Waals surface area (Å²) in [5, 5.41) is 15.1. The van der Waals surface area contributed by atoms with Gasteiger partial charge in [0.1, 0.15) is 0 Å². The third-order valence-corrected chi connectivity index (χ3v) is 2.75. The molecule has 0 heterocycles. The van der Waals surface area contributed by atoms with Crippen molar-refractivity contribution in [3.8, 4) is 6.07 Å². The summed E-state index contributed by atoms with van der Waals surface area (Å²) < 4.78 is 0. The zero-order valence-corrected chi connectivity index (χ0v) is 13.1. The van der Waals surface area contributed by atoms with E-state index in [2.05, 4.69) is 16.7 Å². The molecule has 0 atom stereocenters. The average Bonchev–Trinajstić information content (AvgIpc) is 2.25. The number of nitrogens with one attached hydrogen (secondary N) is 2. The zero-order chi connectivity index (χ0) is 14.9. The number of rotatable bonds is 8. The SMILES string of the molecule is CC(C)(C#N)CCCCNCCC(=O)NC(C)(C)C. The van der Waals surface area contributed by atoms with Gasteiger partial charge in [0.15, 0.2) is 0 Å². The molecule has 0 spiro atoms. The van der Waals surface area contributed by atoms with E-state index in [0.29, 0.717) is 13.0 Å². The fourth-order valence-electron chi connectivity index (χ4n) is 1.68. The van der Waals surface area contributed by atoms with Crippen molar-refractivity contribution in [1.82, 2.24) is 10.6 Å². The van der Waals surface area contributed by atoms with Gasteiger partial charge >= 0.3 is 0 Å². The summed E-state index contributed by atoms with van der Waals surface area (Å²) in [6.07, 6.45) is 3.53. The van der Waals surface area contributed by atoms with Crippen LogP contribution in [0.3, 0.4) is 0 Å². The molecule has 110 valence electrons. The van der Waals surface area contributed by atoms with Crippen LogP contribution in [0.25, 0.3) is 0 Å². The lowest BCUT2D eigenvalue weighted by Crippen LogP contribution is -2.41. The Labute approximate surface area is 118 Å². The summed E-state index contributed by atoms with van der Waals surface area (Å²) >= 11 is 0. The van der Waals surface area contributed by atoms with Gasteiger partial charge in [-0.3, -0.25) is 4.79 Å². The molecule has 4 nitrogen and oxygen atoms in total. The molecular weight excluding hydrogens is 238 g/mol. The first-order chi connectivity index (χ1) is 8.66. The van der Waals surface area contributed by atoms with E-state index in [9.17, 15) is 4.79 Å². The molecule has 0 fully saturated rings. The van der Waals surface area contributed by atoms with Crippen LogP contribution in [-0.2, 0) is 4.79 Å². The highest BCUT2D eigenvalue weighted by atomic mass is 16.1. The van der Waals surface area contributed by atoms with Crippen molar-refractivity contribution < 1.29 is 4.79 Å². The number of carbonyl (C=O) groups excluding carboxylic acids is 1. The molecule has 0 aromatic carbocycles. The maximum atomic E-state index is 11.5. The third-order valence-electron chi connectivity index (χ3n) is 2.75. The molecule has 1 amide bonds. The molecule has 0 aliphatic heterocycles. The Morgan fingerprint density at radius 3 is 2.26 bits per heavy atom. The molecule has 4 heteroatoms. The zero-order valence-electron chi connectivity index (χ0n) is 13.1. The predicted molar refractivity (Wildman–Crippen MR) is 78.6 cm³/mol. The van der Waals surface area contributed by atoms with Crippen LogP contribution in [0.15, 0.2) is 0 Å². The molecule has 0 aromatic heterocycles. The highest BCUT2D eigenvalue weighted by Gasteiger charge is 2.15. The second-order valence-electron chi connectivity index (χ2n) is 6.75. The van der Waals surface area contributed by atoms with Crippen molar-refractivity contribution in [3.63, 3.8) is 0 Å². The summed E-state index contributed by atoms with van der Waals surface area (Å²) in [5.41, 5.74) is -0.368. The lowest BCUT2D eigenvalue weighted by Gasteiger charge is -2.20. The van der Waals surface area contributed by atoms with Gasteiger partial charge in [-0.15, -0.1) is 0 Å². The van der Waals surface area contributed by atoms with Crippen LogP contribution in [-0.4, -0.2) is 24.5 Å². The van der Waals surface area contributed by atoms with E-state index in [1.165, 1.54) is 0 Å². The van der Waals surface area contributed by atoms with Gasteiger partial charge in [0.05, 0.1) is 11.5 Å². The van der Waals surface area contributed by atoms with Crippen LogP contribution in [0.4, 0.5) is 0 Å². The van der Waals surface area contributed by atoms with Crippen molar-refractivity contribution in [2.45, 2.75) is 65.8 Å². The molecule has 0 saturated heterocycles. The topological polar surface area (TPSA) is 64.9 Å². The number of unbranched alkanes of at least 4 members (excludes halogenated alkanes) is 1. The van der Waals surface area contributed by atoms with Crippen LogP contribution in [0.1, 0.15) is 60.3 Å². The molecule has 0 bridgehead atoms. The molecule has 19 heavy (non-hydrogen) atoms. The minimum atomic E-state index is -0.216. The number of nitrogens with zero attached hydrogens (tertiary/aromatic N) is 1. The van der Waals surface area contributed by atoms with Crippen LogP contribution in [0.2, 0.25) is 0 Å². The van der Waals surface area contributed by atoms with E-state index in [1.54, 1.807) is 0 Å². The Balaban J connectivity index is 3.47. The fraction of sp³-hybridized carbons (Fsp3) is 0.867. The normalized spacial score (nSPS) is 12.0. The van der Waals surface area contributed by atoms with E-state index in [4.69, 9.17) is 5.26 Å². The standard InChI is InChI=1S/C15H29N3O/c1-14(2,3)18-13(19)8-11-17-10-7-6-9-15(4,5)12-16/h17H,6-11H2,1-5H3,(H,18,19). The van der Waals surface area contributed by atoms with Gasteiger partial charge in [-0.1, -0.05) is 6.42 Å². The summed E-state index contributed by atoms with van der Waals surface area (Å²) in [4.78, 5) is 11.5. The van der Waals surface area contributed by atoms with Gasteiger partial charge in [0, 0.05) is 18.5 Å². The molecule has 0 unspecified atom stereocenters. The van der Waals surface area contributed by atoms with Crippen molar-refractivity contribution in [1.29, 1.82) is 5.26 Å². The predicted octanol–water partition coefficient (Wildman–Crippen LogP) is 2.60. The lowest BCUT2D eigenvalue weighted by atomic mass is 9.89. The van der Waals surface area contributed by atoms with Crippen molar-refractivity contribution in [2.75, 3.05) is 13.1 Å². The number of carbonyl (C=O) groups is 1. The fourth-order valence-corrected chi connectivity index (χ4v) is 1.68. The highest BCUT2D eigenvalue weighted by Crippen LogP contribution is 2.21. The molecule has 2 N–H and O–H groups in total. The van der Waals surface area contributed by atoms with E-state index in [0.717, 1.165) is 25.8 Å². The number of amides is 1. The van der Waals surface area contributed by atoms with Crippen LogP contribution >= 0.6 is 0 Å². The average molecular weight is 267 g/mol. The summed E-state index contributed by atoms with van der Waals surface area (Å²) in [5.74, 6) is 0.0885. The monoisotopic (exact) mass is 267 g/mol. The maximum Gasteiger partial charge on any atom is 0.221 e. The van der Waals surface area contributed by atoms with Crippen molar-refractivity contribution in [2.24, 2.45) is 5.41 Å². The van der Waals surface area contributed by atoms with Gasteiger partial charge in [-0.2, -0.15) is 5.26 Å². The number of hydrogen-bond donors (Lipinski definition) is 2. The van der Waals surface area contributed by atoms with Gasteiger partial charge in [-0.05, 0) is 54.0 Å². The Morgan fingerprint density at radius 1 is 1.11 bits per heavy atom. The van der Waals surface area contributed by atoms with E-state index in [-0.39, 0.29) is 16.9 Å². The second-order valence-corrected chi connectivity index (χ2v) is 6.75. The second kappa shape index (κ2) is 8.16. The van der Waals surface area contributed by atoms with Gasteiger partial charge in [0.2, 0.25) is 5.91 Å². The van der Waals surface area contributed by atoms with Gasteiger partial charge in [0.25, 0.3) is 0 Å². The van der Waals surface area contributed by atoms with Crippen LogP contribution in [0.5, 0.6) is 0 Å². The third kappa shape index (κ3) is 11.7. The number of nitriles is 1. The lowest BCUT2D eigenvalue weighted by molar-refractivity contribution is -0.122. The Hall–Kier alpha value is -1.08. The van der Waals surface area contributed by atoms with E-state index in [1.807, 2.05) is 34.6 Å². The first-order valence-electron chi connectivity index (χ1n) is 7.09. The molecule has 0 rings (SSSR count). The molecule has 0 aliphatic rings. The van der Waals surface area contributed by atoms with Gasteiger partial charge in [-0.25, -0.2) is 0 Å². The quantitative estimate of drug-likeness (QED) is 0.664. The molecule has 0 saturated carbocycles. The van der Waals surface area contributed by atoms with E-state index >= 15 is 0 Å². The van der Waals surface area contributed by atoms with Crippen LogP contribution < -0.4 is 10.6 Å². The summed E-state index contributed by atoms with van der Waals surface area (Å²) in [7, 11) is 0. The smallest absolute Gasteiger partial charge is 0.221 e. The van der Waals surface area contributed by atoms with Crippen molar-refractivity contribution >= 4 is 5.91 Å². The maximum absolute atomic E-state index is 11.5.